The monoisotopic (exact) mass is 202 g/mol. The summed E-state index contributed by atoms with van der Waals surface area (Å²) < 4.78 is 0. The van der Waals surface area contributed by atoms with Gasteiger partial charge < -0.3 is 5.11 Å². The van der Waals surface area contributed by atoms with Crippen molar-refractivity contribution >= 4 is 12.0 Å². The van der Waals surface area contributed by atoms with E-state index in [-0.39, 0.29) is 6.42 Å². The standard InChI is InChI=1S/C13H14O2/c14-13(15)11-7-2-1-4-8-12-9-5-3-6-10-12/h1-6,8-10H,7,11H2,(H,14,15)/b2-1+,8-4+. The maximum atomic E-state index is 10.2. The molecule has 0 fully saturated rings. The summed E-state index contributed by atoms with van der Waals surface area (Å²) in [7, 11) is 0. The molecule has 0 aliphatic heterocycles. The van der Waals surface area contributed by atoms with E-state index in [1.54, 1.807) is 0 Å². The zero-order valence-corrected chi connectivity index (χ0v) is 8.47. The van der Waals surface area contributed by atoms with Gasteiger partial charge in [0.05, 0.1) is 0 Å². The van der Waals surface area contributed by atoms with Gasteiger partial charge in [-0.1, -0.05) is 54.6 Å². The molecule has 0 radical (unpaired) electrons. The van der Waals surface area contributed by atoms with Crippen LogP contribution >= 0.6 is 0 Å². The van der Waals surface area contributed by atoms with Crippen LogP contribution in [0, 0.1) is 0 Å². The Morgan fingerprint density at radius 2 is 1.93 bits per heavy atom. The molecule has 0 atom stereocenters. The highest BCUT2D eigenvalue weighted by Gasteiger charge is 1.90. The Hall–Kier alpha value is -1.83. The summed E-state index contributed by atoms with van der Waals surface area (Å²) in [6.45, 7) is 0. The van der Waals surface area contributed by atoms with E-state index in [2.05, 4.69) is 0 Å². The third-order valence-corrected chi connectivity index (χ3v) is 1.86. The smallest absolute Gasteiger partial charge is 0.303 e. The van der Waals surface area contributed by atoms with E-state index in [4.69, 9.17) is 5.11 Å². The molecule has 2 nitrogen and oxygen atoms in total. The van der Waals surface area contributed by atoms with E-state index >= 15 is 0 Å². The van der Waals surface area contributed by atoms with Crippen LogP contribution in [0.3, 0.4) is 0 Å². The molecule has 0 aliphatic carbocycles. The van der Waals surface area contributed by atoms with E-state index < -0.39 is 5.97 Å². The summed E-state index contributed by atoms with van der Waals surface area (Å²) in [6, 6.07) is 9.96. The fourth-order valence-electron chi connectivity index (χ4n) is 1.11. The zero-order chi connectivity index (χ0) is 10.9. The van der Waals surface area contributed by atoms with Crippen LogP contribution in [0.4, 0.5) is 0 Å². The molecule has 0 bridgehead atoms. The van der Waals surface area contributed by atoms with Gasteiger partial charge in [-0.25, -0.2) is 0 Å². The summed E-state index contributed by atoms with van der Waals surface area (Å²) >= 11 is 0. The number of hydrogen-bond donors (Lipinski definition) is 1. The SMILES string of the molecule is O=C(O)CC/C=C/C=C/c1ccccc1. The van der Waals surface area contributed by atoms with Crippen molar-refractivity contribution in [3.63, 3.8) is 0 Å². The van der Waals surface area contributed by atoms with Gasteiger partial charge in [0.1, 0.15) is 0 Å². The number of carboxylic acid groups (broad SMARTS) is 1. The van der Waals surface area contributed by atoms with Crippen LogP contribution in [-0.4, -0.2) is 11.1 Å². The zero-order valence-electron chi connectivity index (χ0n) is 8.47. The Bertz CT molecular complexity index is 350. The highest BCUT2D eigenvalue weighted by molar-refractivity contribution is 5.66. The highest BCUT2D eigenvalue weighted by atomic mass is 16.4. The van der Waals surface area contributed by atoms with Crippen LogP contribution in [0.1, 0.15) is 18.4 Å². The van der Waals surface area contributed by atoms with Crippen LogP contribution in [0.5, 0.6) is 0 Å². The molecule has 1 aromatic rings. The van der Waals surface area contributed by atoms with E-state index in [0.717, 1.165) is 5.56 Å². The first kappa shape index (κ1) is 11.2. The highest BCUT2D eigenvalue weighted by Crippen LogP contribution is 2.01. The van der Waals surface area contributed by atoms with Gasteiger partial charge in [-0.2, -0.15) is 0 Å². The lowest BCUT2D eigenvalue weighted by molar-refractivity contribution is -0.136. The second-order valence-electron chi connectivity index (χ2n) is 3.13. The van der Waals surface area contributed by atoms with Crippen LogP contribution < -0.4 is 0 Å². The predicted molar refractivity (Wildman–Crippen MR) is 61.5 cm³/mol. The molecule has 78 valence electrons. The minimum atomic E-state index is -0.758. The number of benzene rings is 1. The van der Waals surface area contributed by atoms with Crippen molar-refractivity contribution < 1.29 is 9.90 Å². The molecule has 1 N–H and O–H groups in total. The van der Waals surface area contributed by atoms with Crippen molar-refractivity contribution in [2.24, 2.45) is 0 Å². The van der Waals surface area contributed by atoms with Crippen molar-refractivity contribution in [2.45, 2.75) is 12.8 Å². The summed E-state index contributed by atoms with van der Waals surface area (Å²) in [6.07, 6.45) is 8.39. The minimum absolute atomic E-state index is 0.190. The average molecular weight is 202 g/mol. The second-order valence-corrected chi connectivity index (χ2v) is 3.13. The molecule has 0 amide bonds. The van der Waals surface area contributed by atoms with Crippen molar-refractivity contribution in [2.75, 3.05) is 0 Å². The lowest BCUT2D eigenvalue weighted by Gasteiger charge is -1.88. The predicted octanol–water partition coefficient (Wildman–Crippen LogP) is 3.12. The largest absolute Gasteiger partial charge is 0.481 e. The Morgan fingerprint density at radius 1 is 1.20 bits per heavy atom. The fraction of sp³-hybridized carbons (Fsp3) is 0.154. The van der Waals surface area contributed by atoms with Crippen LogP contribution in [-0.2, 0) is 4.79 Å². The van der Waals surface area contributed by atoms with E-state index in [0.29, 0.717) is 6.42 Å². The molecule has 0 aliphatic rings. The Morgan fingerprint density at radius 3 is 2.60 bits per heavy atom. The lowest BCUT2D eigenvalue weighted by Crippen LogP contribution is -1.91. The van der Waals surface area contributed by atoms with Crippen molar-refractivity contribution in [3.05, 3.63) is 54.1 Å². The average Bonchev–Trinajstić information content (AvgIpc) is 2.24. The van der Waals surface area contributed by atoms with Crippen LogP contribution in [0.15, 0.2) is 48.6 Å². The van der Waals surface area contributed by atoms with E-state index in [1.807, 2.05) is 54.6 Å². The van der Waals surface area contributed by atoms with Gasteiger partial charge in [0.25, 0.3) is 0 Å². The molecule has 0 saturated heterocycles. The number of carboxylic acids is 1. The first-order valence-corrected chi connectivity index (χ1v) is 4.89. The topological polar surface area (TPSA) is 37.3 Å². The molecule has 0 spiro atoms. The van der Waals surface area contributed by atoms with Gasteiger partial charge in [-0.3, -0.25) is 4.79 Å². The molecule has 1 aromatic carbocycles. The third-order valence-electron chi connectivity index (χ3n) is 1.86. The Kier molecular flexibility index (Phi) is 4.95. The summed E-state index contributed by atoms with van der Waals surface area (Å²) in [5.41, 5.74) is 1.14. The molecule has 15 heavy (non-hydrogen) atoms. The minimum Gasteiger partial charge on any atom is -0.481 e. The van der Waals surface area contributed by atoms with Gasteiger partial charge in [-0.05, 0) is 12.0 Å². The molecule has 0 aromatic heterocycles. The van der Waals surface area contributed by atoms with Gasteiger partial charge in [0, 0.05) is 6.42 Å². The van der Waals surface area contributed by atoms with Crippen molar-refractivity contribution in [1.82, 2.24) is 0 Å². The molecular weight excluding hydrogens is 188 g/mol. The number of hydrogen-bond acceptors (Lipinski definition) is 1. The molecule has 1 rings (SSSR count). The normalized spacial score (nSPS) is 11.2. The first-order valence-electron chi connectivity index (χ1n) is 4.89. The number of aliphatic carboxylic acids is 1. The number of rotatable bonds is 5. The quantitative estimate of drug-likeness (QED) is 0.745. The van der Waals surface area contributed by atoms with Gasteiger partial charge in [-0.15, -0.1) is 0 Å². The van der Waals surface area contributed by atoms with Crippen LogP contribution in [0.2, 0.25) is 0 Å². The van der Waals surface area contributed by atoms with Crippen LogP contribution in [0.25, 0.3) is 6.08 Å². The maximum Gasteiger partial charge on any atom is 0.303 e. The molecule has 0 saturated carbocycles. The molecular formula is C13H14O2. The number of allylic oxidation sites excluding steroid dienone is 3. The summed E-state index contributed by atoms with van der Waals surface area (Å²) in [5, 5.41) is 8.40. The van der Waals surface area contributed by atoms with Crippen molar-refractivity contribution in [3.8, 4) is 0 Å². The molecule has 0 unspecified atom stereocenters. The lowest BCUT2D eigenvalue weighted by atomic mass is 10.2. The van der Waals surface area contributed by atoms with Gasteiger partial charge in [0.2, 0.25) is 0 Å². The Balaban J connectivity index is 2.31. The van der Waals surface area contributed by atoms with E-state index in [1.165, 1.54) is 0 Å². The third kappa shape index (κ3) is 5.47. The molecule has 2 heteroatoms. The molecule has 0 heterocycles. The summed E-state index contributed by atoms with van der Waals surface area (Å²) in [4.78, 5) is 10.2. The second kappa shape index (κ2) is 6.60. The van der Waals surface area contributed by atoms with Gasteiger partial charge >= 0.3 is 5.97 Å². The first-order chi connectivity index (χ1) is 7.29. The van der Waals surface area contributed by atoms with Gasteiger partial charge in [0.15, 0.2) is 0 Å². The fourth-order valence-corrected chi connectivity index (χ4v) is 1.11. The summed E-state index contributed by atoms with van der Waals surface area (Å²) in [5.74, 6) is -0.758. The maximum absolute atomic E-state index is 10.2. The van der Waals surface area contributed by atoms with Crippen molar-refractivity contribution in [1.29, 1.82) is 0 Å². The Labute approximate surface area is 89.6 Å². The number of carbonyl (C=O) groups is 1. The van der Waals surface area contributed by atoms with E-state index in [9.17, 15) is 4.79 Å².